The molecule has 5 nitrogen and oxygen atoms in total. The zero-order valence-electron chi connectivity index (χ0n) is 9.45. The fraction of sp³-hybridized carbons (Fsp3) is 0.400. The monoisotopic (exact) mass is 275 g/mol. The Morgan fingerprint density at radius 3 is 2.82 bits per heavy atom. The van der Waals surface area contributed by atoms with Gasteiger partial charge in [-0.2, -0.15) is 0 Å². The van der Waals surface area contributed by atoms with Crippen molar-refractivity contribution in [1.82, 2.24) is 4.90 Å². The Labute approximate surface area is 107 Å². The summed E-state index contributed by atoms with van der Waals surface area (Å²) in [4.78, 5) is 23.4. The lowest BCUT2D eigenvalue weighted by molar-refractivity contribution is -0.141. The van der Waals surface area contributed by atoms with E-state index < -0.39 is 18.1 Å². The summed E-state index contributed by atoms with van der Waals surface area (Å²) in [7, 11) is 2.64. The maximum atomic E-state index is 11.3. The number of aliphatic carboxylic acids is 1. The summed E-state index contributed by atoms with van der Waals surface area (Å²) in [5, 5.41) is 11.0. The van der Waals surface area contributed by atoms with Crippen LogP contribution in [0.4, 0.5) is 4.79 Å². The number of rotatable bonds is 5. The second-order valence-corrected chi connectivity index (χ2v) is 5.45. The van der Waals surface area contributed by atoms with E-state index in [-0.39, 0.29) is 0 Å². The Balaban J connectivity index is 2.60. The van der Waals surface area contributed by atoms with Crippen LogP contribution in [-0.4, -0.2) is 48.0 Å². The van der Waals surface area contributed by atoms with E-state index in [2.05, 4.69) is 4.74 Å². The van der Waals surface area contributed by atoms with Crippen molar-refractivity contribution in [1.29, 1.82) is 0 Å². The highest BCUT2D eigenvalue weighted by molar-refractivity contribution is 8.01. The van der Waals surface area contributed by atoms with Crippen LogP contribution in [0.1, 0.15) is 0 Å². The molecule has 0 aliphatic rings. The van der Waals surface area contributed by atoms with E-state index in [1.54, 1.807) is 0 Å². The zero-order valence-corrected chi connectivity index (χ0v) is 11.1. The van der Waals surface area contributed by atoms with E-state index in [0.29, 0.717) is 5.75 Å². The van der Waals surface area contributed by atoms with Gasteiger partial charge in [0.2, 0.25) is 0 Å². The first-order chi connectivity index (χ1) is 8.06. The largest absolute Gasteiger partial charge is 0.480 e. The maximum Gasteiger partial charge on any atom is 0.409 e. The minimum Gasteiger partial charge on any atom is -0.480 e. The number of hydrogen-bond donors (Lipinski definition) is 1. The van der Waals surface area contributed by atoms with Gasteiger partial charge in [0, 0.05) is 12.8 Å². The molecule has 0 bridgehead atoms. The third-order valence-corrected chi connectivity index (χ3v) is 4.30. The van der Waals surface area contributed by atoms with Gasteiger partial charge in [-0.05, 0) is 11.4 Å². The molecule has 94 valence electrons. The number of nitrogens with zero attached hydrogens (tertiary/aromatic N) is 1. The first-order valence-corrected chi connectivity index (χ1v) is 6.62. The lowest BCUT2D eigenvalue weighted by atomic mass is 10.3. The molecule has 1 heterocycles. The van der Waals surface area contributed by atoms with Crippen molar-refractivity contribution in [2.75, 3.05) is 19.9 Å². The van der Waals surface area contributed by atoms with Crippen molar-refractivity contribution >= 4 is 35.2 Å². The van der Waals surface area contributed by atoms with Crippen molar-refractivity contribution in [3.8, 4) is 0 Å². The first kappa shape index (κ1) is 13.9. The third-order valence-electron chi connectivity index (χ3n) is 2.09. The molecule has 7 heteroatoms. The molecule has 0 aliphatic heterocycles. The number of carbonyl (C=O) groups is 2. The molecular weight excluding hydrogens is 262 g/mol. The maximum absolute atomic E-state index is 11.3. The number of methoxy groups -OCH3 is 1. The average Bonchev–Trinajstić information content (AvgIpc) is 2.80. The Hall–Kier alpha value is -1.21. The number of hydrogen-bond acceptors (Lipinski definition) is 5. The second kappa shape index (κ2) is 6.51. The predicted octanol–water partition coefficient (Wildman–Crippen LogP) is 1.99. The molecule has 1 N–H and O–H groups in total. The molecule has 1 rings (SSSR count). The van der Waals surface area contributed by atoms with E-state index in [4.69, 9.17) is 5.11 Å². The first-order valence-electron chi connectivity index (χ1n) is 4.76. The van der Waals surface area contributed by atoms with Crippen LogP contribution in [0, 0.1) is 0 Å². The van der Waals surface area contributed by atoms with Gasteiger partial charge >= 0.3 is 12.1 Å². The topological polar surface area (TPSA) is 66.8 Å². The van der Waals surface area contributed by atoms with Gasteiger partial charge in [0.25, 0.3) is 0 Å². The number of ether oxygens (including phenoxy) is 1. The van der Waals surface area contributed by atoms with Crippen LogP contribution in [0.3, 0.4) is 0 Å². The van der Waals surface area contributed by atoms with Crippen LogP contribution in [0.15, 0.2) is 21.7 Å². The molecule has 17 heavy (non-hydrogen) atoms. The fourth-order valence-corrected chi connectivity index (χ4v) is 3.08. The van der Waals surface area contributed by atoms with Crippen molar-refractivity contribution in [2.24, 2.45) is 0 Å². The molecule has 0 saturated heterocycles. The van der Waals surface area contributed by atoms with Crippen LogP contribution in [-0.2, 0) is 9.53 Å². The van der Waals surface area contributed by atoms with Crippen LogP contribution >= 0.6 is 23.1 Å². The number of carboxylic acids is 1. The number of carboxylic acid groups (broad SMARTS) is 1. The third kappa shape index (κ3) is 3.94. The quantitative estimate of drug-likeness (QED) is 0.832. The molecule has 0 radical (unpaired) electrons. The number of thioether (sulfide) groups is 1. The highest BCUT2D eigenvalue weighted by atomic mass is 32.2. The summed E-state index contributed by atoms with van der Waals surface area (Å²) in [6.07, 6.45) is -0.649. The van der Waals surface area contributed by atoms with Gasteiger partial charge in [-0.1, -0.05) is 6.07 Å². The molecule has 0 unspecified atom stereocenters. The van der Waals surface area contributed by atoms with Crippen LogP contribution in [0.2, 0.25) is 0 Å². The van der Waals surface area contributed by atoms with Crippen LogP contribution in [0.5, 0.6) is 0 Å². The van der Waals surface area contributed by atoms with Crippen LogP contribution < -0.4 is 0 Å². The summed E-state index contributed by atoms with van der Waals surface area (Å²) in [6.45, 7) is 0. The lowest BCUT2D eigenvalue weighted by Crippen LogP contribution is -2.44. The standard InChI is InChI=1S/C10H13NO4S2/c1-11(10(14)15-2)7(9(12)13)6-17-8-4-3-5-16-8/h3-5,7H,6H2,1-2H3,(H,12,13)/t7-/m0/s1. The fourth-order valence-electron chi connectivity index (χ4n) is 1.13. The Kier molecular flexibility index (Phi) is 5.30. The molecular formula is C10H13NO4S2. The SMILES string of the molecule is COC(=O)N(C)[C@@H](CSc1cccs1)C(=O)O. The summed E-state index contributed by atoms with van der Waals surface area (Å²) < 4.78 is 5.52. The highest BCUT2D eigenvalue weighted by Gasteiger charge is 2.27. The van der Waals surface area contributed by atoms with E-state index in [9.17, 15) is 9.59 Å². The number of carbonyl (C=O) groups excluding carboxylic acids is 1. The van der Waals surface area contributed by atoms with Gasteiger partial charge in [-0.25, -0.2) is 9.59 Å². The molecule has 0 fully saturated rings. The van der Waals surface area contributed by atoms with Crippen molar-refractivity contribution in [3.05, 3.63) is 17.5 Å². The molecule has 1 atom stereocenters. The van der Waals surface area contributed by atoms with Gasteiger partial charge in [0.15, 0.2) is 0 Å². The van der Waals surface area contributed by atoms with E-state index >= 15 is 0 Å². The van der Waals surface area contributed by atoms with Crippen LogP contribution in [0.25, 0.3) is 0 Å². The summed E-state index contributed by atoms with van der Waals surface area (Å²) in [5.74, 6) is -0.747. The molecule has 1 aromatic heterocycles. The second-order valence-electron chi connectivity index (χ2n) is 3.18. The zero-order chi connectivity index (χ0) is 12.8. The van der Waals surface area contributed by atoms with Gasteiger partial charge in [-0.3, -0.25) is 4.90 Å². The average molecular weight is 275 g/mol. The van der Waals surface area contributed by atoms with Gasteiger partial charge in [0.05, 0.1) is 11.3 Å². The van der Waals surface area contributed by atoms with Crippen molar-refractivity contribution in [2.45, 2.75) is 10.3 Å². The lowest BCUT2D eigenvalue weighted by Gasteiger charge is -2.22. The Bertz CT molecular complexity index is 380. The molecule has 0 aliphatic carbocycles. The van der Waals surface area contributed by atoms with E-state index in [1.165, 1.54) is 37.3 Å². The molecule has 1 amide bonds. The molecule has 0 spiro atoms. The summed E-state index contributed by atoms with van der Waals surface area (Å²) in [6, 6.07) is 2.91. The minimum absolute atomic E-state index is 0.293. The number of likely N-dealkylation sites (N-methyl/N-ethyl adjacent to an activating group) is 1. The predicted molar refractivity (Wildman–Crippen MR) is 66.6 cm³/mol. The summed E-state index contributed by atoms with van der Waals surface area (Å²) >= 11 is 2.95. The van der Waals surface area contributed by atoms with Gasteiger partial charge in [0.1, 0.15) is 6.04 Å². The minimum atomic E-state index is -1.04. The molecule has 0 aromatic carbocycles. The smallest absolute Gasteiger partial charge is 0.409 e. The highest BCUT2D eigenvalue weighted by Crippen LogP contribution is 2.25. The summed E-state index contributed by atoms with van der Waals surface area (Å²) in [5.41, 5.74) is 0. The van der Waals surface area contributed by atoms with Gasteiger partial charge in [-0.15, -0.1) is 23.1 Å². The van der Waals surface area contributed by atoms with Gasteiger partial charge < -0.3 is 9.84 Å². The molecule has 0 saturated carbocycles. The van der Waals surface area contributed by atoms with Crippen molar-refractivity contribution in [3.63, 3.8) is 0 Å². The Morgan fingerprint density at radius 2 is 2.35 bits per heavy atom. The Morgan fingerprint density at radius 1 is 1.65 bits per heavy atom. The molecule has 1 aromatic rings. The number of thiophene rings is 1. The normalized spacial score (nSPS) is 11.9. The number of amides is 1. The van der Waals surface area contributed by atoms with E-state index in [1.807, 2.05) is 17.5 Å². The van der Waals surface area contributed by atoms with Crippen molar-refractivity contribution < 1.29 is 19.4 Å². The van der Waals surface area contributed by atoms with E-state index in [0.717, 1.165) is 9.11 Å².